The second kappa shape index (κ2) is 7.46. The lowest BCUT2D eigenvalue weighted by Crippen LogP contribution is -2.42. The Balaban J connectivity index is 1.52. The molecule has 2 aromatic rings. The molecule has 2 saturated heterocycles. The highest BCUT2D eigenvalue weighted by atomic mass is 32.2. The number of ether oxygens (including phenoxy) is 2. The summed E-state index contributed by atoms with van der Waals surface area (Å²) >= 11 is 1.45. The Bertz CT molecular complexity index is 913. The lowest BCUT2D eigenvalue weighted by molar-refractivity contribution is 0.141. The molecule has 2 fully saturated rings. The van der Waals surface area contributed by atoms with Gasteiger partial charge in [-0.15, -0.1) is 11.8 Å². The summed E-state index contributed by atoms with van der Waals surface area (Å²) in [6.07, 6.45) is 5.55. The average molecular weight is 404 g/mol. The van der Waals surface area contributed by atoms with Gasteiger partial charge in [-0.1, -0.05) is 0 Å². The maximum absolute atomic E-state index is 14.2. The molecule has 2 aliphatic heterocycles. The van der Waals surface area contributed by atoms with Crippen LogP contribution in [0, 0.1) is 12.7 Å². The van der Waals surface area contributed by atoms with E-state index in [1.54, 1.807) is 24.0 Å². The number of rotatable bonds is 5. The number of hydrogen-bond donors (Lipinski definition) is 1. The molecule has 28 heavy (non-hydrogen) atoms. The van der Waals surface area contributed by atoms with E-state index in [1.165, 1.54) is 24.2 Å². The molecule has 7 nitrogen and oxygen atoms in total. The van der Waals surface area contributed by atoms with Crippen molar-refractivity contribution in [3.63, 3.8) is 0 Å². The van der Waals surface area contributed by atoms with Crippen molar-refractivity contribution in [1.82, 2.24) is 14.9 Å². The molecule has 3 heterocycles. The van der Waals surface area contributed by atoms with Gasteiger partial charge in [0, 0.05) is 17.4 Å². The van der Waals surface area contributed by atoms with Crippen LogP contribution in [0.2, 0.25) is 0 Å². The van der Waals surface area contributed by atoms with E-state index in [9.17, 15) is 9.18 Å². The molecule has 1 aromatic carbocycles. The van der Waals surface area contributed by atoms with Gasteiger partial charge in [0.25, 0.3) is 0 Å². The first-order valence-corrected chi connectivity index (χ1v) is 10.3. The normalized spacial score (nSPS) is 23.1. The van der Waals surface area contributed by atoms with Crippen molar-refractivity contribution in [2.24, 2.45) is 5.73 Å². The predicted octanol–water partition coefficient (Wildman–Crippen LogP) is 3.50. The van der Waals surface area contributed by atoms with Crippen LogP contribution in [0.3, 0.4) is 0 Å². The number of thioether (sulfide) groups is 1. The van der Waals surface area contributed by atoms with Crippen molar-refractivity contribution in [1.29, 1.82) is 0 Å². The predicted molar refractivity (Wildman–Crippen MR) is 102 cm³/mol. The number of aromatic nitrogens is 2. The fourth-order valence-corrected chi connectivity index (χ4v) is 4.41. The average Bonchev–Trinajstić information content (AvgIpc) is 3.24. The second-order valence-electron chi connectivity index (χ2n) is 6.94. The van der Waals surface area contributed by atoms with E-state index < -0.39 is 11.8 Å². The number of amides is 2. The van der Waals surface area contributed by atoms with E-state index in [-0.39, 0.29) is 29.8 Å². The maximum Gasteiger partial charge on any atom is 0.315 e. The number of nitrogens with zero attached hydrogens (tertiary/aromatic N) is 3. The number of urea groups is 1. The number of primary amides is 1. The van der Waals surface area contributed by atoms with Gasteiger partial charge in [-0.3, -0.25) is 0 Å². The second-order valence-corrected chi connectivity index (χ2v) is 7.82. The zero-order valence-electron chi connectivity index (χ0n) is 15.6. The van der Waals surface area contributed by atoms with Crippen molar-refractivity contribution in [3.8, 4) is 17.5 Å². The van der Waals surface area contributed by atoms with Gasteiger partial charge in [0.15, 0.2) is 11.6 Å². The third-order valence-corrected chi connectivity index (χ3v) is 6.06. The van der Waals surface area contributed by atoms with Crippen LogP contribution in [-0.2, 0) is 0 Å². The smallest absolute Gasteiger partial charge is 0.315 e. The summed E-state index contributed by atoms with van der Waals surface area (Å²) in [6, 6.07) is 4.44. The van der Waals surface area contributed by atoms with E-state index in [1.807, 2.05) is 6.26 Å². The SMILES string of the molecule is CSc1ccc(Oc2ncnc(OC3CC4CCC3N4C(N)=O)c2C)c(F)c1. The van der Waals surface area contributed by atoms with Gasteiger partial charge in [-0.2, -0.15) is 0 Å². The van der Waals surface area contributed by atoms with Crippen molar-refractivity contribution < 1.29 is 18.7 Å². The monoisotopic (exact) mass is 404 g/mol. The number of carbonyl (C=O) groups excluding carboxylic acids is 1. The van der Waals surface area contributed by atoms with Crippen molar-refractivity contribution in [3.05, 3.63) is 35.9 Å². The summed E-state index contributed by atoms with van der Waals surface area (Å²) in [5.74, 6) is 0.228. The Labute approximate surface area is 166 Å². The van der Waals surface area contributed by atoms with Gasteiger partial charge in [-0.25, -0.2) is 19.2 Å². The first-order chi connectivity index (χ1) is 13.5. The lowest BCUT2D eigenvalue weighted by atomic mass is 9.98. The molecule has 2 aliphatic rings. The van der Waals surface area contributed by atoms with Gasteiger partial charge >= 0.3 is 6.03 Å². The fourth-order valence-electron chi connectivity index (χ4n) is 3.98. The summed E-state index contributed by atoms with van der Waals surface area (Å²) in [6.45, 7) is 1.76. The Morgan fingerprint density at radius 3 is 2.79 bits per heavy atom. The Morgan fingerprint density at radius 2 is 2.11 bits per heavy atom. The summed E-state index contributed by atoms with van der Waals surface area (Å²) in [5, 5.41) is 0. The minimum Gasteiger partial charge on any atom is -0.472 e. The molecule has 2 amide bonds. The van der Waals surface area contributed by atoms with Crippen molar-refractivity contribution in [2.75, 3.05) is 6.26 Å². The summed E-state index contributed by atoms with van der Waals surface area (Å²) < 4.78 is 26.0. The Morgan fingerprint density at radius 1 is 1.32 bits per heavy atom. The van der Waals surface area contributed by atoms with Gasteiger partial charge in [-0.05, 0) is 44.2 Å². The number of nitrogens with two attached hydrogens (primary N) is 1. The molecule has 0 spiro atoms. The molecule has 0 aliphatic carbocycles. The third-order valence-electron chi connectivity index (χ3n) is 5.33. The summed E-state index contributed by atoms with van der Waals surface area (Å²) in [4.78, 5) is 22.5. The quantitative estimate of drug-likeness (QED) is 0.767. The van der Waals surface area contributed by atoms with Crippen LogP contribution in [0.25, 0.3) is 0 Å². The van der Waals surface area contributed by atoms with E-state index in [2.05, 4.69) is 9.97 Å². The topological polar surface area (TPSA) is 90.6 Å². The zero-order chi connectivity index (χ0) is 19.8. The van der Waals surface area contributed by atoms with Crippen LogP contribution in [0.4, 0.5) is 9.18 Å². The van der Waals surface area contributed by atoms with Gasteiger partial charge < -0.3 is 20.1 Å². The van der Waals surface area contributed by atoms with Crippen LogP contribution < -0.4 is 15.2 Å². The zero-order valence-corrected chi connectivity index (χ0v) is 16.4. The molecule has 3 unspecified atom stereocenters. The molecule has 0 radical (unpaired) electrons. The lowest BCUT2D eigenvalue weighted by Gasteiger charge is -2.24. The standard InChI is InChI=1S/C19H21FN4O3S/c1-10-17(26-15-6-4-12(28-2)8-13(15)20)22-9-23-18(10)27-16-7-11-3-5-14(16)24(11)19(21)25/h4,6,8-9,11,14,16H,3,5,7H2,1-2H3,(H2,21,25). The number of carbonyl (C=O) groups is 1. The van der Waals surface area contributed by atoms with Crippen LogP contribution in [0.15, 0.2) is 29.4 Å². The number of hydrogen-bond acceptors (Lipinski definition) is 6. The largest absolute Gasteiger partial charge is 0.472 e. The highest BCUT2D eigenvalue weighted by Gasteiger charge is 2.49. The highest BCUT2D eigenvalue weighted by molar-refractivity contribution is 7.98. The van der Waals surface area contributed by atoms with Gasteiger partial charge in [0.1, 0.15) is 12.4 Å². The van der Waals surface area contributed by atoms with Crippen molar-refractivity contribution >= 4 is 17.8 Å². The van der Waals surface area contributed by atoms with E-state index in [4.69, 9.17) is 15.2 Å². The molecular weight excluding hydrogens is 383 g/mol. The first kappa shape index (κ1) is 18.8. The molecule has 148 valence electrons. The molecule has 2 N–H and O–H groups in total. The van der Waals surface area contributed by atoms with E-state index in [0.29, 0.717) is 11.4 Å². The minimum atomic E-state index is -0.461. The summed E-state index contributed by atoms with van der Waals surface area (Å²) in [5.41, 5.74) is 6.07. The molecule has 1 aromatic heterocycles. The van der Waals surface area contributed by atoms with Crippen LogP contribution in [-0.4, -0.2) is 45.3 Å². The maximum atomic E-state index is 14.2. The molecule has 2 bridgehead atoms. The van der Waals surface area contributed by atoms with Crippen molar-refractivity contribution in [2.45, 2.75) is 49.3 Å². The molecule has 4 rings (SSSR count). The molecular formula is C19H21FN4O3S. The minimum absolute atomic E-state index is 0.0437. The van der Waals surface area contributed by atoms with Crippen LogP contribution in [0.1, 0.15) is 24.8 Å². The first-order valence-electron chi connectivity index (χ1n) is 9.05. The molecule has 9 heteroatoms. The fraction of sp³-hybridized carbons (Fsp3) is 0.421. The number of benzene rings is 1. The van der Waals surface area contributed by atoms with Gasteiger partial charge in [0.2, 0.25) is 11.8 Å². The van der Waals surface area contributed by atoms with Crippen LogP contribution >= 0.6 is 11.8 Å². The molecule has 0 saturated carbocycles. The van der Waals surface area contributed by atoms with Gasteiger partial charge in [0.05, 0.1) is 11.6 Å². The van der Waals surface area contributed by atoms with E-state index in [0.717, 1.165) is 24.2 Å². The van der Waals surface area contributed by atoms with E-state index >= 15 is 0 Å². The molecule has 3 atom stereocenters. The Kier molecular flexibility index (Phi) is 5.01. The van der Waals surface area contributed by atoms with Crippen LogP contribution in [0.5, 0.6) is 17.5 Å². The third kappa shape index (κ3) is 3.34. The summed E-state index contributed by atoms with van der Waals surface area (Å²) in [7, 11) is 0. The number of fused-ring (bicyclic) bond motifs is 2. The highest BCUT2D eigenvalue weighted by Crippen LogP contribution is 2.40. The Hall–Kier alpha value is -2.55. The number of halogens is 1.